The summed E-state index contributed by atoms with van der Waals surface area (Å²) in [6.07, 6.45) is 4.25. The van der Waals surface area contributed by atoms with Crippen LogP contribution in [-0.4, -0.2) is 42.6 Å². The van der Waals surface area contributed by atoms with Gasteiger partial charge < -0.3 is 9.64 Å². The third-order valence-corrected chi connectivity index (χ3v) is 3.37. The first-order valence-corrected chi connectivity index (χ1v) is 5.68. The predicted octanol–water partition coefficient (Wildman–Crippen LogP) is 1.47. The SMILES string of the molecule is [N-]=[N+]=NCC(=O)N1CCC2(CCCCO2)C1. The second-order valence-electron chi connectivity index (χ2n) is 4.44. The average molecular weight is 224 g/mol. The molecule has 1 spiro atoms. The molecule has 2 rings (SSSR count). The van der Waals surface area contributed by atoms with Crippen LogP contribution in [0.4, 0.5) is 0 Å². The summed E-state index contributed by atoms with van der Waals surface area (Å²) in [5.74, 6) is -0.0937. The summed E-state index contributed by atoms with van der Waals surface area (Å²) < 4.78 is 5.81. The van der Waals surface area contributed by atoms with Crippen LogP contribution in [0, 0.1) is 0 Å². The van der Waals surface area contributed by atoms with Crippen molar-refractivity contribution in [1.29, 1.82) is 0 Å². The second kappa shape index (κ2) is 4.72. The summed E-state index contributed by atoms with van der Waals surface area (Å²) in [4.78, 5) is 16.0. The van der Waals surface area contributed by atoms with E-state index in [0.29, 0.717) is 6.54 Å². The summed E-state index contributed by atoms with van der Waals surface area (Å²) >= 11 is 0. The van der Waals surface area contributed by atoms with E-state index in [1.54, 1.807) is 4.90 Å². The van der Waals surface area contributed by atoms with Gasteiger partial charge in [0.2, 0.25) is 5.91 Å². The van der Waals surface area contributed by atoms with E-state index in [1.807, 2.05) is 0 Å². The molecule has 0 aromatic carbocycles. The molecule has 6 heteroatoms. The van der Waals surface area contributed by atoms with Crippen molar-refractivity contribution in [3.8, 4) is 0 Å². The third kappa shape index (κ3) is 2.28. The van der Waals surface area contributed by atoms with Gasteiger partial charge in [-0.15, -0.1) is 0 Å². The molecule has 88 valence electrons. The Morgan fingerprint density at radius 3 is 3.06 bits per heavy atom. The Hall–Kier alpha value is -1.26. The minimum absolute atomic E-state index is 0.0768. The van der Waals surface area contributed by atoms with Gasteiger partial charge in [0.15, 0.2) is 0 Å². The monoisotopic (exact) mass is 224 g/mol. The van der Waals surface area contributed by atoms with Crippen molar-refractivity contribution in [2.24, 2.45) is 5.11 Å². The van der Waals surface area contributed by atoms with E-state index >= 15 is 0 Å². The Morgan fingerprint density at radius 1 is 1.50 bits per heavy atom. The van der Waals surface area contributed by atoms with Gasteiger partial charge in [-0.3, -0.25) is 4.79 Å². The Morgan fingerprint density at radius 2 is 2.38 bits per heavy atom. The first-order valence-electron chi connectivity index (χ1n) is 5.68. The third-order valence-electron chi connectivity index (χ3n) is 3.37. The van der Waals surface area contributed by atoms with E-state index in [2.05, 4.69) is 10.0 Å². The van der Waals surface area contributed by atoms with Crippen LogP contribution in [0.25, 0.3) is 10.4 Å². The molecule has 0 N–H and O–H groups in total. The quantitative estimate of drug-likeness (QED) is 0.404. The highest BCUT2D eigenvalue weighted by Gasteiger charge is 2.41. The lowest BCUT2D eigenvalue weighted by Gasteiger charge is -2.33. The zero-order chi connectivity index (χ0) is 11.4. The maximum Gasteiger partial charge on any atom is 0.228 e. The number of carbonyl (C=O) groups excluding carboxylic acids is 1. The van der Waals surface area contributed by atoms with Crippen molar-refractivity contribution < 1.29 is 9.53 Å². The van der Waals surface area contributed by atoms with Gasteiger partial charge in [-0.25, -0.2) is 0 Å². The number of hydrogen-bond acceptors (Lipinski definition) is 3. The largest absolute Gasteiger partial charge is 0.373 e. The molecule has 0 aromatic heterocycles. The molecular formula is C10H16N4O2. The van der Waals surface area contributed by atoms with Gasteiger partial charge in [0.05, 0.1) is 5.60 Å². The number of carbonyl (C=O) groups is 1. The number of amides is 1. The fourth-order valence-electron chi connectivity index (χ4n) is 2.48. The molecule has 0 aliphatic carbocycles. The molecule has 2 saturated heterocycles. The molecule has 1 unspecified atom stereocenters. The van der Waals surface area contributed by atoms with E-state index < -0.39 is 0 Å². The fourth-order valence-corrected chi connectivity index (χ4v) is 2.48. The van der Waals surface area contributed by atoms with Crippen LogP contribution in [0.3, 0.4) is 0 Å². The number of nitrogens with zero attached hydrogens (tertiary/aromatic N) is 4. The molecule has 2 fully saturated rings. The van der Waals surface area contributed by atoms with E-state index in [9.17, 15) is 4.79 Å². The predicted molar refractivity (Wildman–Crippen MR) is 57.7 cm³/mol. The van der Waals surface area contributed by atoms with Crippen LogP contribution in [0.5, 0.6) is 0 Å². The molecule has 0 saturated carbocycles. The van der Waals surface area contributed by atoms with Crippen LogP contribution in [0.15, 0.2) is 5.11 Å². The van der Waals surface area contributed by atoms with E-state index in [1.165, 1.54) is 6.42 Å². The molecule has 16 heavy (non-hydrogen) atoms. The minimum Gasteiger partial charge on any atom is -0.373 e. The lowest BCUT2D eigenvalue weighted by Crippen LogP contribution is -2.41. The minimum atomic E-state index is -0.107. The van der Waals surface area contributed by atoms with E-state index in [4.69, 9.17) is 10.3 Å². The number of azide groups is 1. The highest BCUT2D eigenvalue weighted by molar-refractivity contribution is 5.78. The smallest absolute Gasteiger partial charge is 0.228 e. The Labute approximate surface area is 94.2 Å². The second-order valence-corrected chi connectivity index (χ2v) is 4.44. The molecule has 0 radical (unpaired) electrons. The Bertz CT molecular complexity index is 319. The molecule has 6 nitrogen and oxygen atoms in total. The lowest BCUT2D eigenvalue weighted by atomic mass is 9.93. The summed E-state index contributed by atoms with van der Waals surface area (Å²) in [6.45, 7) is 2.11. The van der Waals surface area contributed by atoms with Crippen molar-refractivity contribution in [1.82, 2.24) is 4.90 Å². The Balaban J connectivity index is 1.91. The maximum atomic E-state index is 11.6. The zero-order valence-corrected chi connectivity index (χ0v) is 9.26. The van der Waals surface area contributed by atoms with Crippen LogP contribution in [0.2, 0.25) is 0 Å². The first kappa shape index (κ1) is 11.2. The van der Waals surface area contributed by atoms with Gasteiger partial charge in [0.25, 0.3) is 0 Å². The molecule has 2 aliphatic heterocycles. The van der Waals surface area contributed by atoms with Gasteiger partial charge in [0.1, 0.15) is 6.54 Å². The summed E-state index contributed by atoms with van der Waals surface area (Å²) in [7, 11) is 0. The summed E-state index contributed by atoms with van der Waals surface area (Å²) in [5.41, 5.74) is 8.06. The van der Waals surface area contributed by atoms with Gasteiger partial charge in [0, 0.05) is 24.6 Å². The normalized spacial score (nSPS) is 29.1. The number of rotatable bonds is 2. The molecule has 2 heterocycles. The van der Waals surface area contributed by atoms with Crippen molar-refractivity contribution in [2.45, 2.75) is 31.3 Å². The lowest BCUT2D eigenvalue weighted by molar-refractivity contribution is -0.131. The van der Waals surface area contributed by atoms with Crippen molar-refractivity contribution in [3.63, 3.8) is 0 Å². The highest BCUT2D eigenvalue weighted by atomic mass is 16.5. The van der Waals surface area contributed by atoms with Crippen molar-refractivity contribution in [3.05, 3.63) is 10.4 Å². The first-order chi connectivity index (χ1) is 7.76. The molecular weight excluding hydrogens is 208 g/mol. The molecule has 1 amide bonds. The highest BCUT2D eigenvalue weighted by Crippen LogP contribution is 2.33. The molecule has 2 aliphatic rings. The Kier molecular flexibility index (Phi) is 3.31. The van der Waals surface area contributed by atoms with Crippen molar-refractivity contribution >= 4 is 5.91 Å². The summed E-state index contributed by atoms with van der Waals surface area (Å²) in [6, 6.07) is 0. The molecule has 0 aromatic rings. The van der Waals surface area contributed by atoms with E-state index in [-0.39, 0.29) is 18.1 Å². The van der Waals surface area contributed by atoms with Crippen LogP contribution in [-0.2, 0) is 9.53 Å². The van der Waals surface area contributed by atoms with Gasteiger partial charge in [-0.05, 0) is 31.2 Å². The van der Waals surface area contributed by atoms with Crippen LogP contribution < -0.4 is 0 Å². The molecule has 0 bridgehead atoms. The number of likely N-dealkylation sites (tertiary alicyclic amines) is 1. The molecule has 1 atom stereocenters. The van der Waals surface area contributed by atoms with Gasteiger partial charge in [-0.2, -0.15) is 0 Å². The standard InChI is InChI=1S/C10H16N4O2/c11-13-12-7-9(15)14-5-4-10(8-14)3-1-2-6-16-10/h1-8H2. The number of hydrogen-bond donors (Lipinski definition) is 0. The zero-order valence-electron chi connectivity index (χ0n) is 9.26. The fraction of sp³-hybridized carbons (Fsp3) is 0.900. The van der Waals surface area contributed by atoms with Gasteiger partial charge in [-0.1, -0.05) is 5.11 Å². The van der Waals surface area contributed by atoms with Crippen LogP contribution in [0.1, 0.15) is 25.7 Å². The maximum absolute atomic E-state index is 11.6. The summed E-state index contributed by atoms with van der Waals surface area (Å²) in [5, 5.41) is 3.30. The average Bonchev–Trinajstić information content (AvgIpc) is 2.71. The topological polar surface area (TPSA) is 78.3 Å². The van der Waals surface area contributed by atoms with E-state index in [0.717, 1.165) is 32.4 Å². The van der Waals surface area contributed by atoms with Gasteiger partial charge >= 0.3 is 0 Å². The van der Waals surface area contributed by atoms with Crippen LogP contribution >= 0.6 is 0 Å². The van der Waals surface area contributed by atoms with Crippen molar-refractivity contribution in [2.75, 3.05) is 26.2 Å². The number of ether oxygens (including phenoxy) is 1.